The first-order chi connectivity index (χ1) is 10.1. The number of benzene rings is 2. The number of thiocarbonyl (C=S) groups is 1. The average molecular weight is 300 g/mol. The first-order valence-electron chi connectivity index (χ1n) is 6.43. The molecule has 0 atom stereocenters. The summed E-state index contributed by atoms with van der Waals surface area (Å²) in [5.41, 5.74) is 2.26. The molecule has 1 amide bonds. The topological polar surface area (TPSA) is 50.4 Å². The first-order valence-corrected chi connectivity index (χ1v) is 6.83. The molecular weight excluding hydrogens is 284 g/mol. The maximum Gasteiger partial charge on any atom is 0.257 e. The van der Waals surface area contributed by atoms with Crippen LogP contribution in [0.15, 0.2) is 48.5 Å². The standard InChI is InChI=1S/C16H16N2O2S/c1-11-7-6-10-13(14(11)20-2)17-16(21)18-15(19)12-8-4-3-5-9-12/h3-10H,1-2H3,(H2,17,18,19,21). The molecule has 0 aliphatic rings. The smallest absolute Gasteiger partial charge is 0.257 e. The van der Waals surface area contributed by atoms with Crippen molar-refractivity contribution in [2.45, 2.75) is 6.92 Å². The monoisotopic (exact) mass is 300 g/mol. The maximum atomic E-state index is 12.0. The minimum Gasteiger partial charge on any atom is -0.494 e. The van der Waals surface area contributed by atoms with Crippen molar-refractivity contribution in [1.29, 1.82) is 0 Å². The molecule has 0 saturated heterocycles. The molecular formula is C16H16N2O2S. The van der Waals surface area contributed by atoms with Gasteiger partial charge in [-0.3, -0.25) is 10.1 Å². The minimum atomic E-state index is -0.250. The lowest BCUT2D eigenvalue weighted by Gasteiger charge is -2.14. The Morgan fingerprint density at radius 2 is 1.81 bits per heavy atom. The highest BCUT2D eigenvalue weighted by molar-refractivity contribution is 7.80. The SMILES string of the molecule is COc1c(C)cccc1NC(=S)NC(=O)c1ccccc1. The zero-order chi connectivity index (χ0) is 15.2. The van der Waals surface area contributed by atoms with E-state index in [0.717, 1.165) is 11.3 Å². The van der Waals surface area contributed by atoms with Crippen LogP contribution in [0.25, 0.3) is 0 Å². The van der Waals surface area contributed by atoms with Gasteiger partial charge in [-0.2, -0.15) is 0 Å². The number of carbonyl (C=O) groups is 1. The Morgan fingerprint density at radius 3 is 2.48 bits per heavy atom. The van der Waals surface area contributed by atoms with Crippen LogP contribution in [0.5, 0.6) is 5.75 Å². The zero-order valence-corrected chi connectivity index (χ0v) is 12.7. The molecule has 2 rings (SSSR count). The number of carbonyl (C=O) groups excluding carboxylic acids is 1. The van der Waals surface area contributed by atoms with E-state index in [1.165, 1.54) is 0 Å². The second kappa shape index (κ2) is 6.85. The van der Waals surface area contributed by atoms with E-state index in [1.54, 1.807) is 31.4 Å². The second-order valence-electron chi connectivity index (χ2n) is 4.43. The molecule has 0 aliphatic heterocycles. The molecule has 0 radical (unpaired) electrons. The van der Waals surface area contributed by atoms with Crippen LogP contribution in [-0.4, -0.2) is 18.1 Å². The van der Waals surface area contributed by atoms with Crippen molar-refractivity contribution in [1.82, 2.24) is 5.32 Å². The third kappa shape index (κ3) is 3.79. The van der Waals surface area contributed by atoms with E-state index in [4.69, 9.17) is 17.0 Å². The van der Waals surface area contributed by atoms with Crippen molar-refractivity contribution in [3.8, 4) is 5.75 Å². The van der Waals surface area contributed by atoms with Gasteiger partial charge in [-0.25, -0.2) is 0 Å². The van der Waals surface area contributed by atoms with Crippen LogP contribution in [-0.2, 0) is 0 Å². The van der Waals surface area contributed by atoms with Crippen molar-refractivity contribution in [3.05, 3.63) is 59.7 Å². The molecule has 0 heterocycles. The summed E-state index contributed by atoms with van der Waals surface area (Å²) < 4.78 is 5.33. The number of anilines is 1. The van der Waals surface area contributed by atoms with Crippen molar-refractivity contribution in [2.24, 2.45) is 0 Å². The summed E-state index contributed by atoms with van der Waals surface area (Å²) in [6.45, 7) is 1.94. The summed E-state index contributed by atoms with van der Waals surface area (Å²) in [5.74, 6) is 0.452. The number of ether oxygens (including phenoxy) is 1. The van der Waals surface area contributed by atoms with E-state index in [9.17, 15) is 4.79 Å². The van der Waals surface area contributed by atoms with Gasteiger partial charge in [0.2, 0.25) is 0 Å². The van der Waals surface area contributed by atoms with Gasteiger partial charge in [0.1, 0.15) is 5.75 Å². The number of amides is 1. The van der Waals surface area contributed by atoms with Crippen LogP contribution in [0, 0.1) is 6.92 Å². The van der Waals surface area contributed by atoms with E-state index in [0.29, 0.717) is 11.3 Å². The van der Waals surface area contributed by atoms with Crippen LogP contribution in [0.4, 0.5) is 5.69 Å². The van der Waals surface area contributed by atoms with Crippen LogP contribution in [0.2, 0.25) is 0 Å². The molecule has 5 heteroatoms. The predicted molar refractivity (Wildman–Crippen MR) is 87.9 cm³/mol. The third-order valence-electron chi connectivity index (χ3n) is 2.93. The number of hydrogen-bond acceptors (Lipinski definition) is 3. The molecule has 4 nitrogen and oxygen atoms in total. The number of rotatable bonds is 3. The fourth-order valence-corrected chi connectivity index (χ4v) is 2.14. The Balaban J connectivity index is 2.06. The van der Waals surface area contributed by atoms with Crippen molar-refractivity contribution < 1.29 is 9.53 Å². The highest BCUT2D eigenvalue weighted by Gasteiger charge is 2.10. The van der Waals surface area contributed by atoms with E-state index < -0.39 is 0 Å². The lowest BCUT2D eigenvalue weighted by Crippen LogP contribution is -2.34. The molecule has 0 aromatic heterocycles. The van der Waals surface area contributed by atoms with Crippen LogP contribution in [0.3, 0.4) is 0 Å². The lowest BCUT2D eigenvalue weighted by molar-refractivity contribution is 0.0977. The molecule has 0 saturated carbocycles. The molecule has 0 spiro atoms. The Morgan fingerprint density at radius 1 is 1.10 bits per heavy atom. The Labute approximate surface area is 129 Å². The normalized spacial score (nSPS) is 9.81. The molecule has 0 bridgehead atoms. The quantitative estimate of drug-likeness (QED) is 0.855. The number of para-hydroxylation sites is 1. The zero-order valence-electron chi connectivity index (χ0n) is 11.8. The summed E-state index contributed by atoms with van der Waals surface area (Å²) in [6.07, 6.45) is 0. The van der Waals surface area contributed by atoms with Gasteiger partial charge in [0.15, 0.2) is 5.11 Å². The van der Waals surface area contributed by atoms with Gasteiger partial charge in [0.25, 0.3) is 5.91 Å². The van der Waals surface area contributed by atoms with Crippen LogP contribution in [0.1, 0.15) is 15.9 Å². The van der Waals surface area contributed by atoms with E-state index in [2.05, 4.69) is 10.6 Å². The number of nitrogens with one attached hydrogen (secondary N) is 2. The molecule has 0 unspecified atom stereocenters. The van der Waals surface area contributed by atoms with Crippen LogP contribution < -0.4 is 15.4 Å². The van der Waals surface area contributed by atoms with Gasteiger partial charge in [0.05, 0.1) is 12.8 Å². The Bertz CT molecular complexity index is 657. The summed E-state index contributed by atoms with van der Waals surface area (Å²) in [7, 11) is 1.60. The van der Waals surface area contributed by atoms with Gasteiger partial charge in [-0.1, -0.05) is 30.3 Å². The largest absolute Gasteiger partial charge is 0.494 e. The van der Waals surface area contributed by atoms with E-state index in [-0.39, 0.29) is 11.0 Å². The highest BCUT2D eigenvalue weighted by atomic mass is 32.1. The summed E-state index contributed by atoms with van der Waals surface area (Å²) in [4.78, 5) is 12.0. The number of hydrogen-bond donors (Lipinski definition) is 2. The molecule has 2 aromatic carbocycles. The predicted octanol–water partition coefficient (Wildman–Crippen LogP) is 3.13. The van der Waals surface area contributed by atoms with E-state index in [1.807, 2.05) is 31.2 Å². The maximum absolute atomic E-state index is 12.0. The fourth-order valence-electron chi connectivity index (χ4n) is 1.94. The van der Waals surface area contributed by atoms with Crippen LogP contribution >= 0.6 is 12.2 Å². The number of methoxy groups -OCH3 is 1. The molecule has 2 N–H and O–H groups in total. The van der Waals surface area contributed by atoms with Gasteiger partial charge < -0.3 is 10.1 Å². The summed E-state index contributed by atoms with van der Waals surface area (Å²) in [6, 6.07) is 14.6. The third-order valence-corrected chi connectivity index (χ3v) is 3.13. The summed E-state index contributed by atoms with van der Waals surface area (Å²) in [5, 5.41) is 5.85. The molecule has 0 fully saturated rings. The summed E-state index contributed by atoms with van der Waals surface area (Å²) >= 11 is 5.16. The molecule has 108 valence electrons. The van der Waals surface area contributed by atoms with Crippen molar-refractivity contribution >= 4 is 28.9 Å². The van der Waals surface area contributed by atoms with Gasteiger partial charge >= 0.3 is 0 Å². The first kappa shape index (κ1) is 15.0. The van der Waals surface area contributed by atoms with Crippen molar-refractivity contribution in [3.63, 3.8) is 0 Å². The van der Waals surface area contributed by atoms with Gasteiger partial charge in [-0.05, 0) is 42.9 Å². The van der Waals surface area contributed by atoms with Gasteiger partial charge in [0, 0.05) is 5.56 Å². The number of aryl methyl sites for hydroxylation is 1. The molecule has 0 aliphatic carbocycles. The fraction of sp³-hybridized carbons (Fsp3) is 0.125. The van der Waals surface area contributed by atoms with Gasteiger partial charge in [-0.15, -0.1) is 0 Å². The lowest BCUT2D eigenvalue weighted by atomic mass is 10.2. The Hall–Kier alpha value is -2.40. The second-order valence-corrected chi connectivity index (χ2v) is 4.84. The van der Waals surface area contributed by atoms with Crippen molar-refractivity contribution in [2.75, 3.05) is 12.4 Å². The van der Waals surface area contributed by atoms with E-state index >= 15 is 0 Å². The molecule has 2 aromatic rings. The average Bonchev–Trinajstić information content (AvgIpc) is 2.48. The highest BCUT2D eigenvalue weighted by Crippen LogP contribution is 2.27. The minimum absolute atomic E-state index is 0.229. The Kier molecular flexibility index (Phi) is 4.90. The molecule has 21 heavy (non-hydrogen) atoms.